The molecule has 0 radical (unpaired) electrons. The zero-order valence-corrected chi connectivity index (χ0v) is 10.1. The lowest BCUT2D eigenvalue weighted by Crippen LogP contribution is -2.29. The van der Waals surface area contributed by atoms with Crippen LogP contribution in [0, 0.1) is 6.92 Å². The van der Waals surface area contributed by atoms with Crippen molar-refractivity contribution in [3.8, 4) is 5.75 Å². The van der Waals surface area contributed by atoms with Crippen LogP contribution < -0.4 is 4.90 Å². The van der Waals surface area contributed by atoms with Gasteiger partial charge in [0, 0.05) is 6.20 Å². The van der Waals surface area contributed by atoms with Gasteiger partial charge in [0.1, 0.15) is 5.75 Å². The van der Waals surface area contributed by atoms with Crippen LogP contribution in [0.25, 0.3) is 0 Å². The molecular formula is C14H10N2O3. The van der Waals surface area contributed by atoms with Gasteiger partial charge >= 0.3 is 0 Å². The third-order valence-electron chi connectivity index (χ3n) is 3.10. The fourth-order valence-electron chi connectivity index (χ4n) is 2.11. The second kappa shape index (κ2) is 3.91. The van der Waals surface area contributed by atoms with E-state index in [1.807, 2.05) is 0 Å². The highest BCUT2D eigenvalue weighted by Gasteiger charge is 2.39. The number of pyridine rings is 1. The highest BCUT2D eigenvalue weighted by Crippen LogP contribution is 2.33. The number of aromatic nitrogens is 1. The van der Waals surface area contributed by atoms with Crippen LogP contribution in [-0.4, -0.2) is 21.9 Å². The van der Waals surface area contributed by atoms with Crippen LogP contribution in [0.15, 0.2) is 36.5 Å². The summed E-state index contributed by atoms with van der Waals surface area (Å²) in [7, 11) is 0. The number of rotatable bonds is 1. The molecular weight excluding hydrogens is 244 g/mol. The molecule has 3 rings (SSSR count). The van der Waals surface area contributed by atoms with Crippen LogP contribution in [0.2, 0.25) is 0 Å². The van der Waals surface area contributed by atoms with Crippen molar-refractivity contribution in [1.82, 2.24) is 4.98 Å². The quantitative estimate of drug-likeness (QED) is 0.789. The monoisotopic (exact) mass is 254 g/mol. The highest BCUT2D eigenvalue weighted by molar-refractivity contribution is 6.35. The molecule has 1 aliphatic rings. The van der Waals surface area contributed by atoms with Gasteiger partial charge in [-0.05, 0) is 19.1 Å². The Morgan fingerprint density at radius 3 is 2.47 bits per heavy atom. The molecule has 0 atom stereocenters. The van der Waals surface area contributed by atoms with Gasteiger partial charge in [-0.1, -0.05) is 18.2 Å². The van der Waals surface area contributed by atoms with Crippen molar-refractivity contribution in [3.63, 3.8) is 0 Å². The molecule has 1 aromatic carbocycles. The summed E-state index contributed by atoms with van der Waals surface area (Å²) in [4.78, 5) is 29.5. The maximum absolute atomic E-state index is 12.3. The molecule has 0 bridgehead atoms. The van der Waals surface area contributed by atoms with Gasteiger partial charge in [-0.15, -0.1) is 0 Å². The van der Waals surface area contributed by atoms with Crippen LogP contribution in [0.3, 0.4) is 0 Å². The number of aromatic hydroxyl groups is 1. The lowest BCUT2D eigenvalue weighted by Gasteiger charge is -2.13. The third-order valence-corrected chi connectivity index (χ3v) is 3.10. The summed E-state index contributed by atoms with van der Waals surface area (Å²) in [5.74, 6) is -1.21. The Labute approximate surface area is 109 Å². The molecule has 19 heavy (non-hydrogen) atoms. The minimum atomic E-state index is -0.519. The lowest BCUT2D eigenvalue weighted by atomic mass is 10.1. The fraction of sp³-hybridized carbons (Fsp3) is 0.0714. The standard InChI is InChI=1S/C14H10N2O3/c1-8-12(17)11-10(7-15-8)13(18)16(14(11)19)9-5-3-2-4-6-9/h2-7,17H,1H3. The van der Waals surface area contributed by atoms with Crippen molar-refractivity contribution in [2.45, 2.75) is 6.92 Å². The predicted octanol–water partition coefficient (Wildman–Crippen LogP) is 1.90. The number of fused-ring (bicyclic) bond motifs is 1. The molecule has 0 saturated carbocycles. The number of benzene rings is 1. The van der Waals surface area contributed by atoms with Crippen LogP contribution in [0.4, 0.5) is 5.69 Å². The Hall–Kier alpha value is -2.69. The summed E-state index contributed by atoms with van der Waals surface area (Å²) in [6, 6.07) is 8.60. The molecule has 2 heterocycles. The first kappa shape index (κ1) is 11.4. The molecule has 2 aromatic rings. The molecule has 0 unspecified atom stereocenters. The Morgan fingerprint density at radius 1 is 1.11 bits per heavy atom. The van der Waals surface area contributed by atoms with E-state index >= 15 is 0 Å². The number of carbonyl (C=O) groups excluding carboxylic acids is 2. The van der Waals surface area contributed by atoms with E-state index in [1.54, 1.807) is 37.3 Å². The topological polar surface area (TPSA) is 70.5 Å². The Balaban J connectivity index is 2.18. The smallest absolute Gasteiger partial charge is 0.270 e. The maximum Gasteiger partial charge on any atom is 0.270 e. The number of hydrogen-bond acceptors (Lipinski definition) is 4. The number of imide groups is 1. The van der Waals surface area contributed by atoms with Crippen molar-refractivity contribution in [3.05, 3.63) is 53.3 Å². The van der Waals surface area contributed by atoms with Crippen LogP contribution >= 0.6 is 0 Å². The largest absolute Gasteiger partial charge is 0.505 e. The molecule has 0 fully saturated rings. The van der Waals surface area contributed by atoms with Crippen molar-refractivity contribution in [2.75, 3.05) is 4.90 Å². The summed E-state index contributed by atoms with van der Waals surface area (Å²) in [5.41, 5.74) is 0.971. The fourth-order valence-corrected chi connectivity index (χ4v) is 2.11. The van der Waals surface area contributed by atoms with Gasteiger partial charge in [0.05, 0.1) is 22.5 Å². The second-order valence-electron chi connectivity index (χ2n) is 4.26. The summed E-state index contributed by atoms with van der Waals surface area (Å²) in [6.07, 6.45) is 1.33. The van der Waals surface area contributed by atoms with Gasteiger partial charge in [0.2, 0.25) is 0 Å². The minimum absolute atomic E-state index is 0.0290. The van der Waals surface area contributed by atoms with Crippen LogP contribution in [0.1, 0.15) is 26.4 Å². The van der Waals surface area contributed by atoms with E-state index in [-0.39, 0.29) is 16.9 Å². The van der Waals surface area contributed by atoms with Crippen LogP contribution in [0.5, 0.6) is 5.75 Å². The van der Waals surface area contributed by atoms with Crippen molar-refractivity contribution in [2.24, 2.45) is 0 Å². The average Bonchev–Trinajstić information content (AvgIpc) is 2.67. The third kappa shape index (κ3) is 1.52. The first-order valence-corrected chi connectivity index (χ1v) is 5.73. The minimum Gasteiger partial charge on any atom is -0.505 e. The zero-order chi connectivity index (χ0) is 13.6. The van der Waals surface area contributed by atoms with E-state index < -0.39 is 11.8 Å². The van der Waals surface area contributed by atoms with Gasteiger partial charge in [0.25, 0.3) is 11.8 Å². The summed E-state index contributed by atoms with van der Waals surface area (Å²) >= 11 is 0. The van der Waals surface area contributed by atoms with Crippen LogP contribution in [-0.2, 0) is 0 Å². The summed E-state index contributed by atoms with van der Waals surface area (Å²) in [6.45, 7) is 1.58. The van der Waals surface area contributed by atoms with E-state index in [4.69, 9.17) is 0 Å². The zero-order valence-electron chi connectivity index (χ0n) is 10.1. The Kier molecular flexibility index (Phi) is 2.35. The number of amides is 2. The molecule has 5 heteroatoms. The van der Waals surface area contributed by atoms with E-state index in [0.717, 1.165) is 4.90 Å². The number of anilines is 1. The van der Waals surface area contributed by atoms with Gasteiger partial charge in [-0.2, -0.15) is 0 Å². The molecule has 94 valence electrons. The summed E-state index contributed by atoms with van der Waals surface area (Å²) < 4.78 is 0. The Morgan fingerprint density at radius 2 is 1.79 bits per heavy atom. The van der Waals surface area contributed by atoms with E-state index in [2.05, 4.69) is 4.98 Å². The number of hydrogen-bond donors (Lipinski definition) is 1. The number of nitrogens with zero attached hydrogens (tertiary/aromatic N) is 2. The van der Waals surface area contributed by atoms with E-state index in [9.17, 15) is 14.7 Å². The molecule has 0 aliphatic carbocycles. The molecule has 1 aliphatic heterocycles. The molecule has 1 N–H and O–H groups in total. The number of carbonyl (C=O) groups is 2. The van der Waals surface area contributed by atoms with Crippen molar-refractivity contribution < 1.29 is 14.7 Å². The maximum atomic E-state index is 12.3. The highest BCUT2D eigenvalue weighted by atomic mass is 16.3. The van der Waals surface area contributed by atoms with Gasteiger partial charge in [-0.3, -0.25) is 14.6 Å². The first-order valence-electron chi connectivity index (χ1n) is 5.73. The SMILES string of the molecule is Cc1ncc2c(c1O)C(=O)N(c1ccccc1)C2=O. The predicted molar refractivity (Wildman–Crippen MR) is 68.2 cm³/mol. The molecule has 5 nitrogen and oxygen atoms in total. The molecule has 1 aromatic heterocycles. The normalized spacial score (nSPS) is 13.8. The first-order chi connectivity index (χ1) is 9.11. The van der Waals surface area contributed by atoms with E-state index in [1.165, 1.54) is 6.20 Å². The molecule has 0 spiro atoms. The molecule has 0 saturated heterocycles. The van der Waals surface area contributed by atoms with Gasteiger partial charge in [-0.25, -0.2) is 4.90 Å². The average molecular weight is 254 g/mol. The number of para-hydroxylation sites is 1. The van der Waals surface area contributed by atoms with Crippen molar-refractivity contribution >= 4 is 17.5 Å². The lowest BCUT2D eigenvalue weighted by molar-refractivity contribution is 0.0925. The molecule has 2 amide bonds. The number of aryl methyl sites for hydroxylation is 1. The van der Waals surface area contributed by atoms with Gasteiger partial charge in [0.15, 0.2) is 0 Å². The van der Waals surface area contributed by atoms with Gasteiger partial charge < -0.3 is 5.11 Å². The van der Waals surface area contributed by atoms with Crippen molar-refractivity contribution in [1.29, 1.82) is 0 Å². The van der Waals surface area contributed by atoms with E-state index in [0.29, 0.717) is 11.4 Å². The summed E-state index contributed by atoms with van der Waals surface area (Å²) in [5, 5.41) is 9.91. The Bertz CT molecular complexity index is 695. The second-order valence-corrected chi connectivity index (χ2v) is 4.26.